The van der Waals surface area contributed by atoms with Crippen LogP contribution < -0.4 is 0 Å². The van der Waals surface area contributed by atoms with Gasteiger partial charge >= 0.3 is 0 Å². The summed E-state index contributed by atoms with van der Waals surface area (Å²) >= 11 is 8.19. The van der Waals surface area contributed by atoms with Crippen LogP contribution in [0.15, 0.2) is 37.9 Å². The number of hydrogen-bond donors (Lipinski definition) is 1. The first-order chi connectivity index (χ1) is 7.58. The molecule has 2 rings (SSSR count). The fourth-order valence-electron chi connectivity index (χ4n) is 1.40. The fraction of sp³-hybridized carbons (Fsp3) is 0.0909. The molecule has 16 heavy (non-hydrogen) atoms. The summed E-state index contributed by atoms with van der Waals surface area (Å²) in [6.07, 6.45) is -0.812. The van der Waals surface area contributed by atoms with Crippen LogP contribution in [0.2, 0.25) is 0 Å². The average Bonchev–Trinajstić information content (AvgIpc) is 2.57. The van der Waals surface area contributed by atoms with E-state index in [1.165, 1.54) is 23.5 Å². The topological polar surface area (TPSA) is 20.2 Å². The zero-order valence-corrected chi connectivity index (χ0v) is 11.9. The van der Waals surface area contributed by atoms with Gasteiger partial charge in [0.2, 0.25) is 0 Å². The smallest absolute Gasteiger partial charge is 0.123 e. The third kappa shape index (κ3) is 2.53. The summed E-state index contributed by atoms with van der Waals surface area (Å²) < 4.78 is 14.8. The van der Waals surface area contributed by atoms with Crippen LogP contribution in [0.25, 0.3) is 0 Å². The van der Waals surface area contributed by atoms with Crippen LogP contribution in [0.4, 0.5) is 4.39 Å². The average molecular weight is 366 g/mol. The van der Waals surface area contributed by atoms with E-state index in [9.17, 15) is 9.50 Å². The van der Waals surface area contributed by atoms with Crippen molar-refractivity contribution < 1.29 is 9.50 Å². The summed E-state index contributed by atoms with van der Waals surface area (Å²) in [7, 11) is 0. The molecule has 1 atom stereocenters. The fourth-order valence-corrected chi connectivity index (χ4v) is 4.28. The predicted octanol–water partition coefficient (Wildman–Crippen LogP) is 4.49. The molecule has 84 valence electrons. The third-order valence-electron chi connectivity index (χ3n) is 2.14. The van der Waals surface area contributed by atoms with E-state index in [0.29, 0.717) is 5.56 Å². The predicted molar refractivity (Wildman–Crippen MR) is 70.2 cm³/mol. The molecule has 0 bridgehead atoms. The lowest BCUT2D eigenvalue weighted by Crippen LogP contribution is -1.98. The Balaban J connectivity index is 2.38. The molecule has 1 N–H and O–H groups in total. The van der Waals surface area contributed by atoms with E-state index in [1.54, 1.807) is 12.1 Å². The van der Waals surface area contributed by atoms with Crippen LogP contribution in [0.5, 0.6) is 0 Å². The van der Waals surface area contributed by atoms with Gasteiger partial charge in [0.1, 0.15) is 11.9 Å². The molecular formula is C11H7Br2FOS. The summed E-state index contributed by atoms with van der Waals surface area (Å²) in [4.78, 5) is 0. The lowest BCUT2D eigenvalue weighted by molar-refractivity contribution is 0.219. The zero-order valence-electron chi connectivity index (χ0n) is 7.95. The van der Waals surface area contributed by atoms with Gasteiger partial charge in [-0.2, -0.15) is 0 Å². The summed E-state index contributed by atoms with van der Waals surface area (Å²) in [6.45, 7) is 0. The van der Waals surface area contributed by atoms with Crippen molar-refractivity contribution >= 4 is 43.2 Å². The molecule has 0 radical (unpaired) electrons. The van der Waals surface area contributed by atoms with Crippen LogP contribution in [-0.2, 0) is 0 Å². The Kier molecular flexibility index (Phi) is 3.79. The van der Waals surface area contributed by atoms with Crippen LogP contribution in [0.3, 0.4) is 0 Å². The van der Waals surface area contributed by atoms with Crippen LogP contribution in [0, 0.1) is 5.82 Å². The number of hydrogen-bond acceptors (Lipinski definition) is 2. The lowest BCUT2D eigenvalue weighted by Gasteiger charge is -2.10. The lowest BCUT2D eigenvalue weighted by atomic mass is 10.0. The van der Waals surface area contributed by atoms with Gasteiger partial charge in [0.25, 0.3) is 0 Å². The highest BCUT2D eigenvalue weighted by molar-refractivity contribution is 9.12. The number of aliphatic hydroxyl groups excluding tert-OH is 1. The van der Waals surface area contributed by atoms with Crippen molar-refractivity contribution in [2.24, 2.45) is 0 Å². The molecule has 1 aromatic carbocycles. The van der Waals surface area contributed by atoms with E-state index in [2.05, 4.69) is 31.9 Å². The van der Waals surface area contributed by atoms with Gasteiger partial charge in [0.05, 0.1) is 7.57 Å². The van der Waals surface area contributed by atoms with Crippen molar-refractivity contribution in [3.05, 3.63) is 54.8 Å². The summed E-state index contributed by atoms with van der Waals surface area (Å²) in [5, 5.41) is 10.1. The molecule has 0 saturated heterocycles. The Morgan fingerprint density at radius 3 is 2.56 bits per heavy atom. The second-order valence-electron chi connectivity index (χ2n) is 3.24. The first-order valence-electron chi connectivity index (χ1n) is 4.46. The van der Waals surface area contributed by atoms with E-state index < -0.39 is 6.10 Å². The quantitative estimate of drug-likeness (QED) is 0.831. The largest absolute Gasteiger partial charge is 0.384 e. The molecule has 0 aliphatic heterocycles. The second-order valence-corrected chi connectivity index (χ2v) is 6.99. The van der Waals surface area contributed by atoms with Crippen LogP contribution in [-0.4, -0.2) is 5.11 Å². The molecule has 1 aromatic heterocycles. The molecule has 1 nitrogen and oxygen atoms in total. The molecule has 0 fully saturated rings. The van der Waals surface area contributed by atoms with Gasteiger partial charge in [-0.3, -0.25) is 0 Å². The van der Waals surface area contributed by atoms with E-state index in [-0.39, 0.29) is 5.82 Å². The van der Waals surface area contributed by atoms with E-state index in [1.807, 2.05) is 6.07 Å². The van der Waals surface area contributed by atoms with E-state index in [0.717, 1.165) is 13.1 Å². The molecule has 0 spiro atoms. The first kappa shape index (κ1) is 12.2. The first-order valence-corrected chi connectivity index (χ1v) is 6.86. The van der Waals surface area contributed by atoms with Gasteiger partial charge in [-0.15, -0.1) is 11.3 Å². The number of benzene rings is 1. The highest BCUT2D eigenvalue weighted by Crippen LogP contribution is 2.37. The summed E-state index contributed by atoms with van der Waals surface area (Å²) in [6, 6.07) is 7.80. The number of halogens is 3. The van der Waals surface area contributed by atoms with Gasteiger partial charge in [0.15, 0.2) is 0 Å². The van der Waals surface area contributed by atoms with Gasteiger partial charge in [0, 0.05) is 5.56 Å². The molecule has 0 saturated carbocycles. The van der Waals surface area contributed by atoms with Crippen molar-refractivity contribution in [1.29, 1.82) is 0 Å². The van der Waals surface area contributed by atoms with Gasteiger partial charge in [-0.1, -0.05) is 12.1 Å². The standard InChI is InChI=1S/C11H7Br2FOS/c12-9-5-8(11(13)16-9)10(15)6-2-1-3-7(14)4-6/h1-5,10,15H. The van der Waals surface area contributed by atoms with Gasteiger partial charge in [-0.25, -0.2) is 4.39 Å². The molecule has 5 heteroatoms. The maximum absolute atomic E-state index is 13.0. The maximum Gasteiger partial charge on any atom is 0.123 e. The van der Waals surface area contributed by atoms with E-state index >= 15 is 0 Å². The number of thiophene rings is 1. The Hall–Kier alpha value is -0.230. The zero-order chi connectivity index (χ0) is 11.7. The van der Waals surface area contributed by atoms with E-state index in [4.69, 9.17) is 0 Å². The maximum atomic E-state index is 13.0. The third-order valence-corrected chi connectivity index (χ3v) is 4.53. The van der Waals surface area contributed by atoms with Crippen molar-refractivity contribution in [3.63, 3.8) is 0 Å². The highest BCUT2D eigenvalue weighted by atomic mass is 79.9. The minimum atomic E-state index is -0.812. The van der Waals surface area contributed by atoms with Gasteiger partial charge in [-0.05, 0) is 55.6 Å². The Bertz CT molecular complexity index is 512. The molecule has 2 aromatic rings. The molecule has 0 amide bonds. The monoisotopic (exact) mass is 364 g/mol. The summed E-state index contributed by atoms with van der Waals surface area (Å²) in [5.41, 5.74) is 1.29. The Labute approximate surface area is 113 Å². The summed E-state index contributed by atoms with van der Waals surface area (Å²) in [5.74, 6) is -0.345. The highest BCUT2D eigenvalue weighted by Gasteiger charge is 2.16. The Morgan fingerprint density at radius 1 is 1.25 bits per heavy atom. The van der Waals surface area contributed by atoms with Crippen LogP contribution >= 0.6 is 43.2 Å². The normalized spacial score (nSPS) is 12.8. The molecular weight excluding hydrogens is 359 g/mol. The minimum Gasteiger partial charge on any atom is -0.384 e. The van der Waals surface area contributed by atoms with Crippen molar-refractivity contribution in [1.82, 2.24) is 0 Å². The molecule has 1 unspecified atom stereocenters. The van der Waals surface area contributed by atoms with Crippen molar-refractivity contribution in [2.75, 3.05) is 0 Å². The van der Waals surface area contributed by atoms with Crippen molar-refractivity contribution in [3.8, 4) is 0 Å². The Morgan fingerprint density at radius 2 is 2.00 bits per heavy atom. The number of aliphatic hydroxyl groups is 1. The molecule has 0 aliphatic rings. The van der Waals surface area contributed by atoms with Crippen molar-refractivity contribution in [2.45, 2.75) is 6.10 Å². The van der Waals surface area contributed by atoms with Gasteiger partial charge < -0.3 is 5.11 Å². The van der Waals surface area contributed by atoms with Crippen LogP contribution in [0.1, 0.15) is 17.2 Å². The minimum absolute atomic E-state index is 0.345. The SMILES string of the molecule is OC(c1cccc(F)c1)c1cc(Br)sc1Br. The number of rotatable bonds is 2. The molecule has 0 aliphatic carbocycles. The molecule has 1 heterocycles. The second kappa shape index (κ2) is 4.96.